The summed E-state index contributed by atoms with van der Waals surface area (Å²) in [6, 6.07) is 5.35. The minimum Gasteiger partial charge on any atom is -0.481 e. The zero-order valence-corrected chi connectivity index (χ0v) is 22.0. The molecule has 3 aliphatic rings. The van der Waals surface area contributed by atoms with Gasteiger partial charge in [0.25, 0.3) is 11.8 Å². The lowest BCUT2D eigenvalue weighted by Gasteiger charge is -2.36. The van der Waals surface area contributed by atoms with Gasteiger partial charge in [0, 0.05) is 36.9 Å². The van der Waals surface area contributed by atoms with Crippen molar-refractivity contribution in [2.45, 2.75) is 50.0 Å². The summed E-state index contributed by atoms with van der Waals surface area (Å²) in [6.07, 6.45) is 2.38. The van der Waals surface area contributed by atoms with Crippen LogP contribution in [0.25, 0.3) is 0 Å². The number of nitrogens with zero attached hydrogens (tertiary/aromatic N) is 4. The van der Waals surface area contributed by atoms with E-state index in [0.717, 1.165) is 29.4 Å². The van der Waals surface area contributed by atoms with Crippen LogP contribution in [0.3, 0.4) is 0 Å². The van der Waals surface area contributed by atoms with E-state index in [1.165, 1.54) is 36.1 Å². The third kappa shape index (κ3) is 4.51. The average Bonchev–Trinajstić information content (AvgIpc) is 3.47. The molecule has 1 atom stereocenters. The number of benzene rings is 1. The van der Waals surface area contributed by atoms with Crippen molar-refractivity contribution in [3.63, 3.8) is 0 Å². The van der Waals surface area contributed by atoms with Gasteiger partial charge in [0.15, 0.2) is 34.3 Å². The van der Waals surface area contributed by atoms with Crippen molar-refractivity contribution >= 4 is 35.2 Å². The maximum atomic E-state index is 15.3. The Morgan fingerprint density at radius 1 is 1.16 bits per heavy atom. The number of hydrogen-bond donors (Lipinski definition) is 1. The van der Waals surface area contributed by atoms with Gasteiger partial charge in [-0.25, -0.2) is 18.7 Å². The molecule has 1 aromatic carbocycles. The topological polar surface area (TPSA) is 89.4 Å². The first kappa shape index (κ1) is 25.1. The normalized spacial score (nSPS) is 18.2. The second-order valence-corrected chi connectivity index (χ2v) is 11.0. The van der Waals surface area contributed by atoms with Gasteiger partial charge in [0.05, 0.1) is 11.4 Å². The van der Waals surface area contributed by atoms with Crippen LogP contribution in [0.1, 0.15) is 51.9 Å². The van der Waals surface area contributed by atoms with Gasteiger partial charge in [-0.15, -0.1) is 0 Å². The molecule has 38 heavy (non-hydrogen) atoms. The molecule has 1 aliphatic carbocycles. The van der Waals surface area contributed by atoms with E-state index < -0.39 is 30.2 Å². The second-order valence-electron chi connectivity index (χ2n) is 9.59. The molecule has 1 unspecified atom stereocenters. The molecule has 0 radical (unpaired) electrons. The van der Waals surface area contributed by atoms with E-state index >= 15 is 4.39 Å². The SMILES string of the molecule is Cc1ccc(C2c3c(nc4n3CCS4)CCN2C(=O)COc2ccc(C(=O)NC3CC3)nc2Cl)c(F)c1F. The molecule has 0 spiro atoms. The fourth-order valence-electron chi connectivity index (χ4n) is 4.86. The molecule has 2 aliphatic heterocycles. The summed E-state index contributed by atoms with van der Waals surface area (Å²) in [7, 11) is 0. The predicted molar refractivity (Wildman–Crippen MR) is 137 cm³/mol. The number of fused-ring (bicyclic) bond motifs is 3. The third-order valence-electron chi connectivity index (χ3n) is 6.99. The zero-order chi connectivity index (χ0) is 26.6. The molecule has 1 N–H and O–H groups in total. The third-order valence-corrected chi connectivity index (χ3v) is 8.21. The number of imidazole rings is 1. The monoisotopic (exact) mass is 559 g/mol. The molecule has 4 heterocycles. The summed E-state index contributed by atoms with van der Waals surface area (Å²) in [6.45, 7) is 2.04. The number of aromatic nitrogens is 3. The Hall–Kier alpha value is -3.18. The second kappa shape index (κ2) is 9.85. The van der Waals surface area contributed by atoms with Gasteiger partial charge in [-0.3, -0.25) is 9.59 Å². The van der Waals surface area contributed by atoms with E-state index in [4.69, 9.17) is 21.3 Å². The van der Waals surface area contributed by atoms with E-state index in [1.54, 1.807) is 11.8 Å². The highest BCUT2D eigenvalue weighted by Crippen LogP contribution is 2.41. The van der Waals surface area contributed by atoms with Crippen LogP contribution in [0.5, 0.6) is 5.75 Å². The first-order chi connectivity index (χ1) is 18.3. The lowest BCUT2D eigenvalue weighted by molar-refractivity contribution is -0.135. The van der Waals surface area contributed by atoms with Gasteiger partial charge in [-0.05, 0) is 37.5 Å². The van der Waals surface area contributed by atoms with Gasteiger partial charge in [-0.1, -0.05) is 35.5 Å². The van der Waals surface area contributed by atoms with Gasteiger partial charge < -0.3 is 19.5 Å². The van der Waals surface area contributed by atoms with Crippen LogP contribution in [0.4, 0.5) is 8.78 Å². The Bertz CT molecular complexity index is 1460. The van der Waals surface area contributed by atoms with Crippen molar-refractivity contribution < 1.29 is 23.1 Å². The Morgan fingerprint density at radius 2 is 1.97 bits per heavy atom. The molecule has 12 heteroatoms. The fourth-order valence-corrected chi connectivity index (χ4v) is 6.05. The van der Waals surface area contributed by atoms with E-state index in [1.807, 2.05) is 4.57 Å². The predicted octanol–water partition coefficient (Wildman–Crippen LogP) is 4.07. The highest BCUT2D eigenvalue weighted by molar-refractivity contribution is 7.99. The number of carbonyl (C=O) groups excluding carboxylic acids is 2. The smallest absolute Gasteiger partial charge is 0.270 e. The maximum absolute atomic E-state index is 15.3. The summed E-state index contributed by atoms with van der Waals surface area (Å²) >= 11 is 7.85. The standard InChI is InChI=1S/C26H24ClF2N5O3S/c1-13-2-5-15(21(29)20(13)28)22-23-16(32-26-34(23)10-11-38-26)8-9-33(22)19(35)12-37-18-7-6-17(31-24(18)27)25(36)30-14-3-4-14/h2,5-7,14,22H,3-4,8-12H2,1H3,(H,30,36). The van der Waals surface area contributed by atoms with Crippen LogP contribution >= 0.6 is 23.4 Å². The lowest BCUT2D eigenvalue weighted by atomic mass is 9.93. The maximum Gasteiger partial charge on any atom is 0.270 e. The van der Waals surface area contributed by atoms with Crippen molar-refractivity contribution in [3.05, 3.63) is 69.3 Å². The first-order valence-electron chi connectivity index (χ1n) is 12.4. The van der Waals surface area contributed by atoms with E-state index in [0.29, 0.717) is 18.7 Å². The van der Waals surface area contributed by atoms with Crippen molar-refractivity contribution in [3.8, 4) is 5.75 Å². The van der Waals surface area contributed by atoms with Crippen LogP contribution in [-0.2, 0) is 17.8 Å². The van der Waals surface area contributed by atoms with Gasteiger partial charge in [-0.2, -0.15) is 0 Å². The molecule has 6 rings (SSSR count). The Labute approximate surface area is 226 Å². The summed E-state index contributed by atoms with van der Waals surface area (Å²) < 4.78 is 37.6. The molecule has 1 fully saturated rings. The molecule has 2 amide bonds. The van der Waals surface area contributed by atoms with Crippen molar-refractivity contribution in [1.82, 2.24) is 24.8 Å². The molecular weight excluding hydrogens is 536 g/mol. The quantitative estimate of drug-likeness (QED) is 0.458. The van der Waals surface area contributed by atoms with Gasteiger partial charge in [0.1, 0.15) is 11.7 Å². The number of amides is 2. The summed E-state index contributed by atoms with van der Waals surface area (Å²) in [5.74, 6) is -1.68. The number of hydrogen-bond acceptors (Lipinski definition) is 6. The molecule has 8 nitrogen and oxygen atoms in total. The van der Waals surface area contributed by atoms with Crippen LogP contribution in [0, 0.1) is 18.6 Å². The van der Waals surface area contributed by atoms with Crippen molar-refractivity contribution in [2.75, 3.05) is 18.9 Å². The molecule has 198 valence electrons. The highest BCUT2D eigenvalue weighted by atomic mass is 35.5. The van der Waals surface area contributed by atoms with Crippen molar-refractivity contribution in [2.24, 2.45) is 0 Å². The Morgan fingerprint density at radius 3 is 2.74 bits per heavy atom. The van der Waals surface area contributed by atoms with Gasteiger partial charge in [0.2, 0.25) is 0 Å². The fraction of sp³-hybridized carbons (Fsp3) is 0.385. The van der Waals surface area contributed by atoms with E-state index in [2.05, 4.69) is 10.3 Å². The minimum absolute atomic E-state index is 0.0454. The van der Waals surface area contributed by atoms with Crippen LogP contribution in [-0.4, -0.2) is 56.2 Å². The largest absolute Gasteiger partial charge is 0.481 e. The Kier molecular flexibility index (Phi) is 6.51. The van der Waals surface area contributed by atoms with Gasteiger partial charge >= 0.3 is 0 Å². The van der Waals surface area contributed by atoms with Crippen LogP contribution in [0.2, 0.25) is 5.15 Å². The van der Waals surface area contributed by atoms with Crippen molar-refractivity contribution in [1.29, 1.82) is 0 Å². The number of pyridine rings is 1. The average molecular weight is 560 g/mol. The summed E-state index contributed by atoms with van der Waals surface area (Å²) in [4.78, 5) is 36.0. The lowest BCUT2D eigenvalue weighted by Crippen LogP contribution is -2.44. The highest BCUT2D eigenvalue weighted by Gasteiger charge is 2.40. The molecule has 0 saturated heterocycles. The number of carbonyl (C=O) groups is 2. The van der Waals surface area contributed by atoms with E-state index in [-0.39, 0.29) is 46.2 Å². The molecule has 0 bridgehead atoms. The number of ether oxygens (including phenoxy) is 1. The Balaban J connectivity index is 1.26. The zero-order valence-electron chi connectivity index (χ0n) is 20.5. The number of halogens is 3. The summed E-state index contributed by atoms with van der Waals surface area (Å²) in [5, 5.41) is 3.61. The van der Waals surface area contributed by atoms with Crippen LogP contribution < -0.4 is 10.1 Å². The van der Waals surface area contributed by atoms with E-state index in [9.17, 15) is 14.0 Å². The number of nitrogens with one attached hydrogen (secondary N) is 1. The molecule has 3 aromatic rings. The molecular formula is C26H24ClF2N5O3S. The first-order valence-corrected chi connectivity index (χ1v) is 13.7. The molecule has 2 aromatic heterocycles. The molecule has 1 saturated carbocycles. The van der Waals surface area contributed by atoms with Crippen LogP contribution in [0.15, 0.2) is 29.4 Å². The number of thioether (sulfide) groups is 1. The number of rotatable bonds is 6. The summed E-state index contributed by atoms with van der Waals surface area (Å²) in [5.41, 5.74) is 1.92. The minimum atomic E-state index is -0.977. The number of aryl methyl sites for hydroxylation is 1.